The van der Waals surface area contributed by atoms with E-state index in [4.69, 9.17) is 16.4 Å². The Morgan fingerprint density at radius 2 is 1.88 bits per heavy atom. The largest absolute Gasteiger partial charge is 0.403 e. The molecule has 2 heterocycles. The van der Waals surface area contributed by atoms with Crippen LogP contribution in [0.3, 0.4) is 0 Å². The van der Waals surface area contributed by atoms with E-state index in [9.17, 15) is 4.39 Å². The molecule has 176 valence electrons. The van der Waals surface area contributed by atoms with Crippen LogP contribution in [0.2, 0.25) is 0 Å². The van der Waals surface area contributed by atoms with E-state index in [0.29, 0.717) is 48.5 Å². The first-order chi connectivity index (χ1) is 15.6. The third-order valence-electron chi connectivity index (χ3n) is 6.28. The van der Waals surface area contributed by atoms with Crippen LogP contribution in [-0.4, -0.2) is 48.4 Å². The normalized spacial score (nSPS) is 20.4. The summed E-state index contributed by atoms with van der Waals surface area (Å²) in [4.78, 5) is 7.25. The summed E-state index contributed by atoms with van der Waals surface area (Å²) < 4.78 is 44.9. The Kier molecular flexibility index (Phi) is 6.11. The maximum atomic E-state index is 15.0. The van der Waals surface area contributed by atoms with E-state index in [0.717, 1.165) is 0 Å². The van der Waals surface area contributed by atoms with Gasteiger partial charge in [-0.05, 0) is 18.7 Å². The molecule has 0 saturated carbocycles. The molecular weight excluding hydrogens is 431 g/mol. The highest BCUT2D eigenvalue weighted by Crippen LogP contribution is 2.50. The first kappa shape index (κ1) is 23.1. The lowest BCUT2D eigenvalue weighted by molar-refractivity contribution is -0.183. The lowest BCUT2D eigenvalue weighted by Crippen LogP contribution is -2.60. The van der Waals surface area contributed by atoms with Gasteiger partial charge in [0.25, 0.3) is 5.92 Å². The van der Waals surface area contributed by atoms with Gasteiger partial charge in [-0.1, -0.05) is 48.5 Å². The number of hydrogen-bond acceptors (Lipinski definition) is 6. The highest BCUT2D eigenvalue weighted by molar-refractivity contribution is 6.01. The molecular formula is C24H28F3N5O. The molecule has 2 aliphatic heterocycles. The molecule has 0 radical (unpaired) electrons. The molecule has 0 aliphatic carbocycles. The van der Waals surface area contributed by atoms with Crippen molar-refractivity contribution in [2.75, 3.05) is 26.7 Å². The molecule has 0 amide bonds. The maximum Gasteiger partial charge on any atom is 0.280 e. The second-order valence-electron chi connectivity index (χ2n) is 9.09. The number of nitrogens with zero attached hydrogens (tertiary/aromatic N) is 3. The van der Waals surface area contributed by atoms with Gasteiger partial charge in [0.1, 0.15) is 5.82 Å². The van der Waals surface area contributed by atoms with Crippen LogP contribution < -0.4 is 11.6 Å². The van der Waals surface area contributed by atoms with Crippen LogP contribution in [0.5, 0.6) is 0 Å². The molecule has 0 bridgehead atoms. The molecule has 1 unspecified atom stereocenters. The van der Waals surface area contributed by atoms with E-state index in [1.54, 1.807) is 31.2 Å². The zero-order chi connectivity index (χ0) is 23.8. The zero-order valence-corrected chi connectivity index (χ0v) is 18.6. The van der Waals surface area contributed by atoms with E-state index in [2.05, 4.69) is 5.16 Å². The molecule has 2 aromatic carbocycles. The van der Waals surface area contributed by atoms with Crippen LogP contribution in [0.4, 0.5) is 13.2 Å². The van der Waals surface area contributed by atoms with Gasteiger partial charge in [-0.3, -0.25) is 0 Å². The topological polar surface area (TPSA) is 80.1 Å². The van der Waals surface area contributed by atoms with Crippen LogP contribution in [0.25, 0.3) is 11.1 Å². The van der Waals surface area contributed by atoms with Gasteiger partial charge in [0, 0.05) is 48.6 Å². The molecule has 2 aromatic rings. The Morgan fingerprint density at radius 1 is 1.21 bits per heavy atom. The van der Waals surface area contributed by atoms with Gasteiger partial charge < -0.3 is 20.5 Å². The fourth-order valence-electron chi connectivity index (χ4n) is 4.58. The predicted molar refractivity (Wildman–Crippen MR) is 122 cm³/mol. The summed E-state index contributed by atoms with van der Waals surface area (Å²) in [7, 11) is 1.82. The lowest BCUT2D eigenvalue weighted by atomic mass is 9.73. The van der Waals surface area contributed by atoms with Crippen LogP contribution in [0, 0.1) is 11.2 Å². The Labute approximate surface area is 191 Å². The molecule has 4 rings (SSSR count). The zero-order valence-electron chi connectivity index (χ0n) is 18.6. The van der Waals surface area contributed by atoms with Crippen molar-refractivity contribution in [3.63, 3.8) is 0 Å². The SMILES string of the molecule is CN1CC(C)(C(F)(F)c2ccc(-c3ccc(C4=NOC(CN(N)/C=C\N)C4)cc3F)cc2)C1. The highest BCUT2D eigenvalue weighted by Gasteiger charge is 2.56. The summed E-state index contributed by atoms with van der Waals surface area (Å²) in [5.41, 5.74) is 6.24. The Balaban J connectivity index is 1.47. The van der Waals surface area contributed by atoms with Crippen molar-refractivity contribution in [3.05, 3.63) is 71.8 Å². The first-order valence-corrected chi connectivity index (χ1v) is 10.7. The van der Waals surface area contributed by atoms with Gasteiger partial charge >= 0.3 is 0 Å². The van der Waals surface area contributed by atoms with Crippen molar-refractivity contribution in [2.24, 2.45) is 22.1 Å². The lowest BCUT2D eigenvalue weighted by Gasteiger charge is -2.50. The van der Waals surface area contributed by atoms with Crippen molar-refractivity contribution in [1.29, 1.82) is 0 Å². The van der Waals surface area contributed by atoms with Gasteiger partial charge in [-0.25, -0.2) is 19.0 Å². The second kappa shape index (κ2) is 8.72. The summed E-state index contributed by atoms with van der Waals surface area (Å²) in [5.74, 6) is 2.34. The van der Waals surface area contributed by atoms with Crippen molar-refractivity contribution in [3.8, 4) is 11.1 Å². The van der Waals surface area contributed by atoms with Crippen molar-refractivity contribution in [2.45, 2.75) is 25.4 Å². The summed E-state index contributed by atoms with van der Waals surface area (Å²) in [6.45, 7) is 2.64. The predicted octanol–water partition coefficient (Wildman–Crippen LogP) is 3.63. The number of hydrazine groups is 1. The molecule has 0 spiro atoms. The van der Waals surface area contributed by atoms with Gasteiger partial charge in [-0.15, -0.1) is 0 Å². The van der Waals surface area contributed by atoms with Crippen LogP contribution in [-0.2, 0) is 10.8 Å². The number of likely N-dealkylation sites (tertiary alicyclic amines) is 1. The average molecular weight is 460 g/mol. The minimum atomic E-state index is -2.96. The number of oxime groups is 1. The standard InChI is InChI=1S/C24H28F3N5O/c1-23(14-31(2)15-23)24(26,27)18-6-3-16(4-7-18)20-8-5-17(11-21(20)25)22-12-19(33-30-22)13-32(29)10-9-28/h3-11,19H,12-15,28-29H2,1-2H3/b10-9-. The minimum absolute atomic E-state index is 0.0548. The highest BCUT2D eigenvalue weighted by atomic mass is 19.3. The summed E-state index contributed by atoms with van der Waals surface area (Å²) in [6, 6.07) is 10.6. The van der Waals surface area contributed by atoms with E-state index in [1.165, 1.54) is 35.6 Å². The van der Waals surface area contributed by atoms with Gasteiger partial charge in [0.15, 0.2) is 6.10 Å². The number of halogens is 3. The number of hydrogen-bond donors (Lipinski definition) is 2. The monoisotopic (exact) mass is 459 g/mol. The molecule has 6 nitrogen and oxygen atoms in total. The van der Waals surface area contributed by atoms with Gasteiger partial charge in [0.2, 0.25) is 0 Å². The molecule has 2 aliphatic rings. The average Bonchev–Trinajstić information content (AvgIpc) is 3.21. The molecule has 1 atom stereocenters. The van der Waals surface area contributed by atoms with E-state index < -0.39 is 17.2 Å². The number of nitrogens with two attached hydrogens (primary N) is 2. The molecule has 9 heteroatoms. The number of alkyl halides is 2. The Hall–Kier alpha value is -3.04. The van der Waals surface area contributed by atoms with E-state index in [1.807, 2.05) is 11.9 Å². The smallest absolute Gasteiger partial charge is 0.280 e. The molecule has 1 fully saturated rings. The molecule has 4 N–H and O–H groups in total. The number of rotatable bonds is 7. The number of benzene rings is 2. The van der Waals surface area contributed by atoms with Gasteiger partial charge in [-0.2, -0.15) is 0 Å². The van der Waals surface area contributed by atoms with Crippen LogP contribution in [0.1, 0.15) is 24.5 Å². The molecule has 33 heavy (non-hydrogen) atoms. The first-order valence-electron chi connectivity index (χ1n) is 10.7. The molecule has 1 saturated heterocycles. The fourth-order valence-corrected chi connectivity index (χ4v) is 4.58. The Bertz CT molecular complexity index is 1060. The van der Waals surface area contributed by atoms with Crippen molar-refractivity contribution in [1.82, 2.24) is 9.91 Å². The third-order valence-corrected chi connectivity index (χ3v) is 6.28. The van der Waals surface area contributed by atoms with E-state index in [-0.39, 0.29) is 11.7 Å². The third kappa shape index (κ3) is 4.43. The van der Waals surface area contributed by atoms with Crippen LogP contribution in [0.15, 0.2) is 60.0 Å². The second-order valence-corrected chi connectivity index (χ2v) is 9.09. The van der Waals surface area contributed by atoms with Gasteiger partial charge in [0.05, 0.1) is 17.7 Å². The summed E-state index contributed by atoms with van der Waals surface area (Å²) in [6.07, 6.45) is 3.05. The van der Waals surface area contributed by atoms with Crippen LogP contribution >= 0.6 is 0 Å². The summed E-state index contributed by atoms with van der Waals surface area (Å²) in [5, 5.41) is 5.44. The minimum Gasteiger partial charge on any atom is -0.403 e. The fraction of sp³-hybridized carbons (Fsp3) is 0.375. The maximum absolute atomic E-state index is 15.0. The quantitative estimate of drug-likeness (QED) is 0.488. The van der Waals surface area contributed by atoms with Crippen molar-refractivity contribution >= 4 is 5.71 Å². The summed E-state index contributed by atoms with van der Waals surface area (Å²) >= 11 is 0. The van der Waals surface area contributed by atoms with E-state index >= 15 is 8.78 Å². The molecule has 0 aromatic heterocycles. The van der Waals surface area contributed by atoms with Crippen molar-refractivity contribution < 1.29 is 18.0 Å². The Morgan fingerprint density at radius 3 is 2.48 bits per heavy atom.